The lowest BCUT2D eigenvalue weighted by atomic mass is 9.98. The zero-order valence-corrected chi connectivity index (χ0v) is 11.3. The van der Waals surface area contributed by atoms with Gasteiger partial charge in [0.25, 0.3) is 0 Å². The Kier molecular flexibility index (Phi) is 3.10. The van der Waals surface area contributed by atoms with Crippen molar-refractivity contribution in [2.75, 3.05) is 6.54 Å². The summed E-state index contributed by atoms with van der Waals surface area (Å²) in [4.78, 5) is 4.73. The van der Waals surface area contributed by atoms with E-state index in [1.54, 1.807) is 11.3 Å². The number of hydrogen-bond donors (Lipinski definition) is 1. The van der Waals surface area contributed by atoms with Gasteiger partial charge in [-0.2, -0.15) is 0 Å². The second kappa shape index (κ2) is 4.07. The van der Waals surface area contributed by atoms with Gasteiger partial charge in [0.05, 0.1) is 16.1 Å². The highest BCUT2D eigenvalue weighted by atomic mass is 32.2. The highest BCUT2D eigenvalue weighted by molar-refractivity contribution is 8.00. The van der Waals surface area contributed by atoms with Crippen LogP contribution in [0.3, 0.4) is 0 Å². The Hall–Kier alpha value is -0.0600. The smallest absolute Gasteiger partial charge is 0.0982 e. The minimum atomic E-state index is 0.178. The van der Waals surface area contributed by atoms with E-state index in [1.165, 1.54) is 10.7 Å². The normalized spacial score (nSPS) is 27.2. The van der Waals surface area contributed by atoms with Crippen LogP contribution in [0.2, 0.25) is 0 Å². The molecule has 1 aromatic heterocycles. The molecule has 1 aliphatic heterocycles. The molecular formula is C11H18N2S2. The van der Waals surface area contributed by atoms with Gasteiger partial charge >= 0.3 is 0 Å². The molecule has 4 heteroatoms. The second-order valence-electron chi connectivity index (χ2n) is 5.06. The Morgan fingerprint density at radius 1 is 1.47 bits per heavy atom. The molecular weight excluding hydrogens is 224 g/mol. The van der Waals surface area contributed by atoms with Crippen LogP contribution in [0.25, 0.3) is 0 Å². The molecule has 1 N–H and O–H groups in total. The predicted molar refractivity (Wildman–Crippen MR) is 68.6 cm³/mol. The lowest BCUT2D eigenvalue weighted by molar-refractivity contribution is 0.580. The third-order valence-corrected chi connectivity index (χ3v) is 4.99. The highest BCUT2D eigenvalue weighted by Gasteiger charge is 2.26. The summed E-state index contributed by atoms with van der Waals surface area (Å²) in [6, 6.07) is 0. The van der Waals surface area contributed by atoms with Gasteiger partial charge in [-0.15, -0.1) is 23.1 Å². The lowest BCUT2D eigenvalue weighted by Gasteiger charge is -2.14. The first kappa shape index (κ1) is 11.4. The van der Waals surface area contributed by atoms with Crippen molar-refractivity contribution < 1.29 is 0 Å². The second-order valence-corrected chi connectivity index (χ2v) is 7.47. The number of hydrogen-bond acceptors (Lipinski definition) is 4. The van der Waals surface area contributed by atoms with Gasteiger partial charge in [0.1, 0.15) is 0 Å². The zero-order valence-electron chi connectivity index (χ0n) is 9.70. The van der Waals surface area contributed by atoms with E-state index in [2.05, 4.69) is 38.4 Å². The maximum atomic E-state index is 4.73. The van der Waals surface area contributed by atoms with Crippen LogP contribution in [0.4, 0.5) is 0 Å². The molecule has 1 aromatic rings. The topological polar surface area (TPSA) is 24.9 Å². The molecule has 2 nitrogen and oxygen atoms in total. The molecule has 84 valence electrons. The Balaban J connectivity index is 2.14. The van der Waals surface area contributed by atoms with Gasteiger partial charge in [-0.1, -0.05) is 27.7 Å². The summed E-state index contributed by atoms with van der Waals surface area (Å²) in [5, 5.41) is 8.04. The zero-order chi connectivity index (χ0) is 11.1. The van der Waals surface area contributed by atoms with Gasteiger partial charge in [0.2, 0.25) is 0 Å². The van der Waals surface area contributed by atoms with Gasteiger partial charge in [-0.3, -0.25) is 5.32 Å². The molecule has 0 aliphatic carbocycles. The SMILES string of the molecule is CC1CNC(c2csc(C(C)(C)C)n2)S1. The molecule has 0 radical (unpaired) electrons. The lowest BCUT2D eigenvalue weighted by Crippen LogP contribution is -2.15. The van der Waals surface area contributed by atoms with E-state index >= 15 is 0 Å². The number of aromatic nitrogens is 1. The molecule has 15 heavy (non-hydrogen) atoms. The molecule has 0 saturated carbocycles. The number of thiazole rings is 1. The number of rotatable bonds is 1. The minimum Gasteiger partial charge on any atom is -0.299 e. The summed E-state index contributed by atoms with van der Waals surface area (Å²) >= 11 is 3.76. The summed E-state index contributed by atoms with van der Waals surface area (Å²) in [6.07, 6.45) is 0. The highest BCUT2D eigenvalue weighted by Crippen LogP contribution is 2.36. The van der Waals surface area contributed by atoms with Crippen molar-refractivity contribution in [1.82, 2.24) is 10.3 Å². The monoisotopic (exact) mass is 242 g/mol. The van der Waals surface area contributed by atoms with Gasteiger partial charge in [0.15, 0.2) is 0 Å². The Morgan fingerprint density at radius 3 is 2.67 bits per heavy atom. The van der Waals surface area contributed by atoms with Crippen molar-refractivity contribution in [3.05, 3.63) is 16.1 Å². The molecule has 0 spiro atoms. The average molecular weight is 242 g/mol. The van der Waals surface area contributed by atoms with Gasteiger partial charge < -0.3 is 0 Å². The first-order chi connectivity index (χ1) is 6.97. The van der Waals surface area contributed by atoms with Crippen molar-refractivity contribution in [2.45, 2.75) is 43.7 Å². The van der Waals surface area contributed by atoms with E-state index in [-0.39, 0.29) is 5.41 Å². The number of thioether (sulfide) groups is 1. The molecule has 2 heterocycles. The van der Waals surface area contributed by atoms with Crippen LogP contribution in [-0.4, -0.2) is 16.8 Å². The van der Waals surface area contributed by atoms with Crippen molar-refractivity contribution in [3.8, 4) is 0 Å². The van der Waals surface area contributed by atoms with Crippen molar-refractivity contribution >= 4 is 23.1 Å². The Bertz CT molecular complexity index is 341. The fourth-order valence-electron chi connectivity index (χ4n) is 1.53. The fourth-order valence-corrected chi connectivity index (χ4v) is 3.66. The number of nitrogens with one attached hydrogen (secondary N) is 1. The third-order valence-electron chi connectivity index (χ3n) is 2.39. The maximum absolute atomic E-state index is 4.73. The van der Waals surface area contributed by atoms with Crippen LogP contribution in [0.1, 0.15) is 43.8 Å². The average Bonchev–Trinajstić information content (AvgIpc) is 2.69. The molecule has 0 bridgehead atoms. The van der Waals surface area contributed by atoms with E-state index < -0.39 is 0 Å². The first-order valence-electron chi connectivity index (χ1n) is 5.31. The van der Waals surface area contributed by atoms with Crippen LogP contribution >= 0.6 is 23.1 Å². The summed E-state index contributed by atoms with van der Waals surface area (Å²) in [7, 11) is 0. The molecule has 0 amide bonds. The number of nitrogens with zero attached hydrogens (tertiary/aromatic N) is 1. The summed E-state index contributed by atoms with van der Waals surface area (Å²) in [5.41, 5.74) is 1.39. The predicted octanol–water partition coefficient (Wildman–Crippen LogP) is 3.16. The van der Waals surface area contributed by atoms with E-state index in [4.69, 9.17) is 4.98 Å². The summed E-state index contributed by atoms with van der Waals surface area (Å²) in [6.45, 7) is 10.0. The van der Waals surface area contributed by atoms with Crippen LogP contribution in [0.15, 0.2) is 5.38 Å². The van der Waals surface area contributed by atoms with Crippen molar-refractivity contribution in [1.29, 1.82) is 0 Å². The van der Waals surface area contributed by atoms with E-state index in [9.17, 15) is 0 Å². The maximum Gasteiger partial charge on any atom is 0.0982 e. The summed E-state index contributed by atoms with van der Waals surface area (Å²) in [5.74, 6) is 0. The van der Waals surface area contributed by atoms with Gasteiger partial charge in [-0.05, 0) is 0 Å². The molecule has 2 unspecified atom stereocenters. The van der Waals surface area contributed by atoms with Crippen molar-refractivity contribution in [2.24, 2.45) is 0 Å². The first-order valence-corrected chi connectivity index (χ1v) is 7.14. The van der Waals surface area contributed by atoms with Crippen LogP contribution in [0.5, 0.6) is 0 Å². The van der Waals surface area contributed by atoms with Crippen LogP contribution < -0.4 is 5.32 Å². The summed E-state index contributed by atoms with van der Waals surface area (Å²) < 4.78 is 0. The standard InChI is InChI=1S/C11H18N2S2/c1-7-5-12-9(15-7)8-6-14-10(13-8)11(2,3)4/h6-7,9,12H,5H2,1-4H3. The van der Waals surface area contributed by atoms with E-state index in [1.807, 2.05) is 11.8 Å². The van der Waals surface area contributed by atoms with Crippen LogP contribution in [0, 0.1) is 0 Å². The minimum absolute atomic E-state index is 0.178. The van der Waals surface area contributed by atoms with Crippen molar-refractivity contribution in [3.63, 3.8) is 0 Å². The molecule has 1 aliphatic rings. The largest absolute Gasteiger partial charge is 0.299 e. The molecule has 2 atom stereocenters. The Morgan fingerprint density at radius 2 is 2.20 bits per heavy atom. The van der Waals surface area contributed by atoms with E-state index in [0.717, 1.165) is 6.54 Å². The molecule has 2 rings (SSSR count). The fraction of sp³-hybridized carbons (Fsp3) is 0.727. The molecule has 1 saturated heterocycles. The van der Waals surface area contributed by atoms with Gasteiger partial charge in [0, 0.05) is 22.6 Å². The molecule has 0 aromatic carbocycles. The quantitative estimate of drug-likeness (QED) is 0.819. The van der Waals surface area contributed by atoms with Gasteiger partial charge in [-0.25, -0.2) is 4.98 Å². The van der Waals surface area contributed by atoms with Crippen LogP contribution in [-0.2, 0) is 5.41 Å². The third kappa shape index (κ3) is 2.55. The molecule has 1 fully saturated rings. The Labute approximate surface area is 99.9 Å². The van der Waals surface area contributed by atoms with E-state index in [0.29, 0.717) is 10.6 Å².